The zero-order valence-electron chi connectivity index (χ0n) is 9.70. The van der Waals surface area contributed by atoms with Crippen molar-refractivity contribution < 1.29 is 18.4 Å². The summed E-state index contributed by atoms with van der Waals surface area (Å²) in [4.78, 5) is 9.87. The number of rotatable bonds is 4. The van der Waals surface area contributed by atoms with Gasteiger partial charge >= 0.3 is 0 Å². The molecule has 0 aromatic heterocycles. The first-order valence-corrected chi connectivity index (χ1v) is 7.15. The molecule has 2 atom stereocenters. The molecule has 18 heavy (non-hydrogen) atoms. The number of nitrogens with zero attached hydrogens (tertiary/aromatic N) is 1. The third kappa shape index (κ3) is 2.80. The van der Waals surface area contributed by atoms with Crippen LogP contribution in [-0.2, 0) is 9.84 Å². The minimum Gasteiger partial charge on any atom is -0.385 e. The van der Waals surface area contributed by atoms with Crippen LogP contribution in [0, 0.1) is 10.1 Å². The molecule has 8 heteroatoms. The molecule has 0 radical (unpaired) electrons. The smallest absolute Gasteiger partial charge is 0.269 e. The average Bonchev–Trinajstić information content (AvgIpc) is 2.26. The summed E-state index contributed by atoms with van der Waals surface area (Å²) in [6.07, 6.45) is -0.566. The van der Waals surface area contributed by atoms with E-state index in [0.717, 1.165) is 6.26 Å². The molecule has 0 saturated carbocycles. The van der Waals surface area contributed by atoms with Gasteiger partial charge in [0.2, 0.25) is 0 Å². The molecule has 0 aliphatic rings. The highest BCUT2D eigenvalue weighted by molar-refractivity contribution is 7.93. The van der Waals surface area contributed by atoms with Gasteiger partial charge in [0.05, 0.1) is 4.92 Å². The average molecular weight is 294 g/mol. The number of sulfone groups is 1. The van der Waals surface area contributed by atoms with Gasteiger partial charge in [-0.15, -0.1) is 0 Å². The van der Waals surface area contributed by atoms with Gasteiger partial charge in [0.1, 0.15) is 6.10 Å². The van der Waals surface area contributed by atoms with Gasteiger partial charge in [0, 0.05) is 18.4 Å². The molecule has 0 bridgehead atoms. The predicted octanol–water partition coefficient (Wildman–Crippen LogP) is 1.63. The van der Waals surface area contributed by atoms with E-state index in [1.165, 1.54) is 31.2 Å². The summed E-state index contributed by atoms with van der Waals surface area (Å²) in [7, 11) is -3.69. The Labute approximate surface area is 109 Å². The van der Waals surface area contributed by atoms with Crippen molar-refractivity contribution in [1.82, 2.24) is 0 Å². The van der Waals surface area contributed by atoms with E-state index in [1.807, 2.05) is 0 Å². The van der Waals surface area contributed by atoms with Crippen molar-refractivity contribution in [2.75, 3.05) is 6.26 Å². The highest BCUT2D eigenvalue weighted by atomic mass is 35.5. The van der Waals surface area contributed by atoms with Gasteiger partial charge in [-0.1, -0.05) is 11.6 Å². The fourth-order valence-electron chi connectivity index (χ4n) is 1.28. The second-order valence-corrected chi connectivity index (χ2v) is 7.41. The Balaban J connectivity index is 3.12. The van der Waals surface area contributed by atoms with Crippen LogP contribution in [0.4, 0.5) is 5.69 Å². The van der Waals surface area contributed by atoms with Gasteiger partial charge in [-0.25, -0.2) is 8.42 Å². The summed E-state index contributed by atoms with van der Waals surface area (Å²) in [5.41, 5.74) is 0.0464. The quantitative estimate of drug-likeness (QED) is 0.517. The van der Waals surface area contributed by atoms with Crippen LogP contribution in [0.25, 0.3) is 0 Å². The van der Waals surface area contributed by atoms with Crippen molar-refractivity contribution in [3.8, 4) is 0 Å². The topological polar surface area (TPSA) is 97.5 Å². The monoisotopic (exact) mass is 293 g/mol. The normalized spacial score (nSPS) is 16.9. The highest BCUT2D eigenvalue weighted by Gasteiger charge is 2.41. The lowest BCUT2D eigenvalue weighted by molar-refractivity contribution is -0.384. The number of benzene rings is 1. The molecule has 1 rings (SSSR count). The first-order valence-electron chi connectivity index (χ1n) is 4.88. The van der Waals surface area contributed by atoms with Crippen molar-refractivity contribution in [2.24, 2.45) is 0 Å². The van der Waals surface area contributed by atoms with E-state index in [4.69, 9.17) is 11.6 Å². The van der Waals surface area contributed by atoms with E-state index in [2.05, 4.69) is 0 Å². The summed E-state index contributed by atoms with van der Waals surface area (Å²) in [5.74, 6) is 0. The first kappa shape index (κ1) is 14.9. The van der Waals surface area contributed by atoms with E-state index < -0.39 is 25.1 Å². The first-order chi connectivity index (χ1) is 8.07. The Hall–Kier alpha value is -1.18. The van der Waals surface area contributed by atoms with Crippen molar-refractivity contribution in [3.63, 3.8) is 0 Å². The van der Waals surface area contributed by atoms with Crippen LogP contribution in [0.1, 0.15) is 18.6 Å². The third-order valence-electron chi connectivity index (χ3n) is 2.63. The molecule has 6 nitrogen and oxygen atoms in total. The molecule has 1 aromatic rings. The Kier molecular flexibility index (Phi) is 3.99. The molecule has 0 aliphatic heterocycles. The number of nitro benzene ring substituents is 1. The summed E-state index contributed by atoms with van der Waals surface area (Å²) in [6.45, 7) is 1.18. The molecular weight excluding hydrogens is 282 g/mol. The van der Waals surface area contributed by atoms with Gasteiger partial charge in [0.15, 0.2) is 14.0 Å². The molecule has 0 spiro atoms. The largest absolute Gasteiger partial charge is 0.385 e. The zero-order chi connectivity index (χ0) is 14.1. The van der Waals surface area contributed by atoms with Crippen LogP contribution in [0.3, 0.4) is 0 Å². The Morgan fingerprint density at radius 2 is 1.83 bits per heavy atom. The second-order valence-electron chi connectivity index (χ2n) is 4.01. The maximum absolute atomic E-state index is 11.4. The molecule has 0 saturated heterocycles. The Morgan fingerprint density at radius 3 is 2.17 bits per heavy atom. The number of alkyl halides is 1. The number of hydrogen-bond acceptors (Lipinski definition) is 5. The zero-order valence-corrected chi connectivity index (χ0v) is 11.3. The maximum Gasteiger partial charge on any atom is 0.269 e. The lowest BCUT2D eigenvalue weighted by atomic mass is 10.1. The van der Waals surface area contributed by atoms with E-state index >= 15 is 0 Å². The number of nitro groups is 1. The van der Waals surface area contributed by atoms with E-state index in [0.29, 0.717) is 0 Å². The summed E-state index contributed by atoms with van der Waals surface area (Å²) < 4.78 is 21.0. The molecule has 100 valence electrons. The van der Waals surface area contributed by atoms with Gasteiger partial charge in [-0.2, -0.15) is 0 Å². The lowest BCUT2D eigenvalue weighted by Crippen LogP contribution is -2.35. The molecule has 0 fully saturated rings. The lowest BCUT2D eigenvalue weighted by Gasteiger charge is -2.26. The number of non-ortho nitro benzene ring substituents is 1. The van der Waals surface area contributed by atoms with Crippen LogP contribution in [0.2, 0.25) is 0 Å². The number of halogens is 1. The van der Waals surface area contributed by atoms with Crippen LogP contribution in [0.15, 0.2) is 24.3 Å². The van der Waals surface area contributed by atoms with Gasteiger partial charge in [-0.3, -0.25) is 10.1 Å². The van der Waals surface area contributed by atoms with Crippen molar-refractivity contribution in [3.05, 3.63) is 39.9 Å². The molecule has 1 aromatic carbocycles. The van der Waals surface area contributed by atoms with E-state index in [-0.39, 0.29) is 11.3 Å². The van der Waals surface area contributed by atoms with Gasteiger partial charge in [0.25, 0.3) is 5.69 Å². The van der Waals surface area contributed by atoms with Crippen molar-refractivity contribution in [1.29, 1.82) is 0 Å². The predicted molar refractivity (Wildman–Crippen MR) is 67.2 cm³/mol. The fourth-order valence-corrected chi connectivity index (χ4v) is 1.95. The molecule has 0 amide bonds. The SMILES string of the molecule is C[C@@](Cl)([C@H](O)c1ccc([N+](=O)[O-])cc1)S(C)(=O)=O. The molecule has 1 N–H and O–H groups in total. The summed E-state index contributed by atoms with van der Waals surface area (Å²) in [6, 6.07) is 4.89. The third-order valence-corrected chi connectivity index (χ3v) is 5.35. The maximum atomic E-state index is 11.4. The minimum atomic E-state index is -3.69. The van der Waals surface area contributed by atoms with Crippen LogP contribution >= 0.6 is 11.6 Å². The standard InChI is InChI=1S/C10H12ClNO5S/c1-10(11,18(2,16)17)9(13)7-3-5-8(6-4-7)12(14)15/h3-6,9,13H,1-2H3/t9-,10+/m1/s1. The Bertz CT molecular complexity index is 552. The molecule has 0 unspecified atom stereocenters. The van der Waals surface area contributed by atoms with Crippen molar-refractivity contribution in [2.45, 2.75) is 17.2 Å². The fraction of sp³-hybridized carbons (Fsp3) is 0.400. The van der Waals surface area contributed by atoms with Crippen molar-refractivity contribution >= 4 is 27.1 Å². The molecule has 0 heterocycles. The van der Waals surface area contributed by atoms with Gasteiger partial charge < -0.3 is 5.11 Å². The minimum absolute atomic E-state index is 0.151. The second kappa shape index (κ2) is 4.83. The summed E-state index contributed by atoms with van der Waals surface area (Å²) >= 11 is 5.83. The number of hydrogen-bond donors (Lipinski definition) is 1. The Morgan fingerprint density at radius 1 is 1.39 bits per heavy atom. The van der Waals surface area contributed by atoms with Crippen LogP contribution < -0.4 is 0 Å². The number of aliphatic hydroxyl groups excluding tert-OH is 1. The van der Waals surface area contributed by atoms with Crippen LogP contribution in [0.5, 0.6) is 0 Å². The van der Waals surface area contributed by atoms with Gasteiger partial charge in [-0.05, 0) is 24.6 Å². The van der Waals surface area contributed by atoms with E-state index in [9.17, 15) is 23.6 Å². The molecular formula is C10H12ClNO5S. The van der Waals surface area contributed by atoms with Crippen LogP contribution in [-0.4, -0.2) is 28.9 Å². The van der Waals surface area contributed by atoms with E-state index in [1.54, 1.807) is 0 Å². The summed E-state index contributed by atoms with van der Waals surface area (Å²) in [5, 5.41) is 20.4. The molecule has 0 aliphatic carbocycles. The highest BCUT2D eigenvalue weighted by Crippen LogP contribution is 2.36. The number of aliphatic hydroxyl groups is 1.